The largest absolute Gasteiger partial charge is 0.455 e. The van der Waals surface area contributed by atoms with Gasteiger partial charge in [0.1, 0.15) is 11.5 Å². The van der Waals surface area contributed by atoms with Crippen LogP contribution in [0.15, 0.2) is 222 Å². The summed E-state index contributed by atoms with van der Waals surface area (Å²) in [6.45, 7) is 53.7. The average molecular weight is 1760 g/mol. The quantitative estimate of drug-likeness (QED) is 0.0230. The van der Waals surface area contributed by atoms with Gasteiger partial charge in [0.05, 0.1) is 44.9 Å². The van der Waals surface area contributed by atoms with Crippen molar-refractivity contribution >= 4 is 73.6 Å². The lowest BCUT2D eigenvalue weighted by Gasteiger charge is -2.38. The highest BCUT2D eigenvalue weighted by molar-refractivity contribution is 6.10. The van der Waals surface area contributed by atoms with Gasteiger partial charge in [0.2, 0.25) is 0 Å². The molecule has 3 aromatic heterocycles. The summed E-state index contributed by atoms with van der Waals surface area (Å²) in [4.78, 5) is 51.5. The van der Waals surface area contributed by atoms with Crippen LogP contribution in [0.25, 0.3) is 72.7 Å². The molecule has 694 valence electrons. The van der Waals surface area contributed by atoms with Gasteiger partial charge in [0, 0.05) is 50.1 Å². The summed E-state index contributed by atoms with van der Waals surface area (Å²) in [5, 5.41) is 6.68. The number of amides is 2. The minimum atomic E-state index is -0.720. The molecule has 1 aliphatic carbocycles. The summed E-state index contributed by atoms with van der Waals surface area (Å²) < 4.78 is 7.28. The van der Waals surface area contributed by atoms with E-state index in [1.807, 2.05) is 36.4 Å². The molecule has 0 saturated carbocycles. The van der Waals surface area contributed by atoms with Gasteiger partial charge in [-0.1, -0.05) is 353 Å². The standard InChI is InChI=1S/C123H154N6O3/c1-25-29-33-37-53-97-86(11)112-110(91-64-58-84(9)59-65-91)113-87(12)98(54-38-34-30-26-2)107(127-113)79-109-100(56-40-36-32-28-4)89(14)115(129-109)111(114-88(13)99(55-39-35-31-27-3)108(128-114)78-106(97)126-112)92-66-70-96(71-67-92)125-119(131)102-75-94(121(18,19)20)77-105-117(102)132-116-101(74-93(120(15,16)17)76-104(116)123(105,23)24)118(130)124-95-68-62-90(63-69-95)61-57-82(7)50-43-48-80(5)46-41-42-47-81(6)49-44-51-83(8)60-72-103-85(10)52-45-73-122(103,21)22/h41-44,46-51,57-72,74-79,126,129H,25-40,45,52-56,73H2,1-24H3,(H,124,130)(H,125,131)/b42-41+,48-43+,49-44+,61-57+,72-60+,80-46+,81-47+,82-50+,83-51+,106-78?,107-79?,108-78?,109-79?,112-110?,113-110?,114-111?,115-111?. The minimum Gasteiger partial charge on any atom is -0.455 e. The Hall–Kier alpha value is -11.2. The van der Waals surface area contributed by atoms with E-state index in [1.165, 1.54) is 149 Å². The second-order valence-electron chi connectivity index (χ2n) is 41.6. The van der Waals surface area contributed by atoms with Gasteiger partial charge < -0.3 is 25.3 Å². The molecule has 0 atom stereocenters. The summed E-state index contributed by atoms with van der Waals surface area (Å²) >= 11 is 0. The lowest BCUT2D eigenvalue weighted by molar-refractivity contribution is 0.101. The molecule has 132 heavy (non-hydrogen) atoms. The first-order valence-corrected chi connectivity index (χ1v) is 50.0. The molecule has 0 spiro atoms. The Morgan fingerprint density at radius 3 is 1.25 bits per heavy atom. The lowest BCUT2D eigenvalue weighted by Crippen LogP contribution is -2.30. The second-order valence-corrected chi connectivity index (χ2v) is 41.6. The molecule has 4 aliphatic rings. The van der Waals surface area contributed by atoms with Crippen molar-refractivity contribution in [2.45, 2.75) is 330 Å². The fourth-order valence-electron chi connectivity index (χ4n) is 19.4. The number of aryl methyl sites for hydroxylation is 5. The van der Waals surface area contributed by atoms with Crippen LogP contribution in [-0.2, 0) is 29.1 Å². The van der Waals surface area contributed by atoms with Gasteiger partial charge in [-0.25, -0.2) is 9.97 Å². The fourth-order valence-corrected chi connectivity index (χ4v) is 19.4. The normalized spacial score (nSPS) is 15.2. The number of aromatic amines is 2. The fraction of sp³-hybridized carbons (Fsp3) is 0.415. The first-order chi connectivity index (χ1) is 63.0. The third kappa shape index (κ3) is 24.3. The summed E-state index contributed by atoms with van der Waals surface area (Å²) in [5.41, 5.74) is 37.6. The maximum absolute atomic E-state index is 15.9. The zero-order chi connectivity index (χ0) is 94.9. The molecule has 9 nitrogen and oxygen atoms in total. The molecule has 6 heterocycles. The monoisotopic (exact) mass is 1760 g/mol. The number of aromatic nitrogens is 4. The maximum Gasteiger partial charge on any atom is 0.259 e. The van der Waals surface area contributed by atoms with Crippen LogP contribution in [0.2, 0.25) is 0 Å². The van der Waals surface area contributed by atoms with Crippen LogP contribution in [0.1, 0.15) is 379 Å². The number of ether oxygens (including phenoxy) is 1. The third-order valence-electron chi connectivity index (χ3n) is 27.9. The number of unbranched alkanes of at least 4 members (excludes halogenated alkanes) is 12. The predicted molar refractivity (Wildman–Crippen MR) is 570 cm³/mol. The van der Waals surface area contributed by atoms with Crippen molar-refractivity contribution in [1.82, 2.24) is 19.9 Å². The van der Waals surface area contributed by atoms with E-state index in [2.05, 4.69) is 345 Å². The molecular formula is C123H154N6O3. The van der Waals surface area contributed by atoms with Crippen LogP contribution >= 0.6 is 0 Å². The molecule has 8 aromatic rings. The smallest absolute Gasteiger partial charge is 0.259 e. The molecule has 5 aromatic carbocycles. The Balaban J connectivity index is 0.874. The van der Waals surface area contributed by atoms with Crippen molar-refractivity contribution in [2.75, 3.05) is 10.6 Å². The van der Waals surface area contributed by atoms with Gasteiger partial charge in [0.25, 0.3) is 11.8 Å². The number of nitrogens with zero attached hydrogens (tertiary/aromatic N) is 2. The SMILES string of the molecule is CCCCCCC1=C(C)c2nc1cc1[nH]c(c(C)c1CCCCCC)c(-c1ccc(C)cc1)c1nc(cc3[nH]c(c(C)c3CCCCCC)c2-c2ccc(NC(=O)c3cc(C(C)(C)C)cc4c3Oc3c(C(=O)Nc5ccc(/C=C/C(C)=C/C=C/C(C)=C/C=C/C=C(C)/C=C/C=C(C)/C=C/C6=C(C)CCCC6(C)C)cc5)cc(C(C)(C)C)cc3C4(C)C)cc2)C(CCCCCC)=C1C. The molecule has 4 N–H and O–H groups in total. The first-order valence-electron chi connectivity index (χ1n) is 50.0. The minimum absolute atomic E-state index is 0.239. The van der Waals surface area contributed by atoms with E-state index >= 15 is 9.59 Å². The molecule has 0 saturated heterocycles. The van der Waals surface area contributed by atoms with Crippen LogP contribution < -0.4 is 15.4 Å². The van der Waals surface area contributed by atoms with Crippen LogP contribution in [0.3, 0.4) is 0 Å². The van der Waals surface area contributed by atoms with Gasteiger partial charge in [0.15, 0.2) is 0 Å². The van der Waals surface area contributed by atoms with Crippen molar-refractivity contribution in [1.29, 1.82) is 0 Å². The van der Waals surface area contributed by atoms with Crippen LogP contribution in [0.5, 0.6) is 11.5 Å². The molecular weight excluding hydrogens is 1610 g/mol. The number of benzene rings is 5. The Labute approximate surface area is 793 Å². The molecule has 3 aliphatic heterocycles. The maximum atomic E-state index is 15.9. The number of hydrogen-bond donors (Lipinski definition) is 4. The molecule has 12 rings (SSSR count). The zero-order valence-corrected chi connectivity index (χ0v) is 84.9. The van der Waals surface area contributed by atoms with Crippen molar-refractivity contribution in [3.63, 3.8) is 0 Å². The number of hydrogen-bond acceptors (Lipinski definition) is 5. The van der Waals surface area contributed by atoms with Gasteiger partial charge in [-0.15, -0.1) is 0 Å². The summed E-state index contributed by atoms with van der Waals surface area (Å²) in [6, 6.07) is 38.8. The van der Waals surface area contributed by atoms with E-state index in [1.54, 1.807) is 0 Å². The highest BCUT2D eigenvalue weighted by Gasteiger charge is 2.42. The Morgan fingerprint density at radius 2 is 0.841 bits per heavy atom. The third-order valence-corrected chi connectivity index (χ3v) is 27.9. The van der Waals surface area contributed by atoms with E-state index in [9.17, 15) is 0 Å². The topological polar surface area (TPSA) is 125 Å². The summed E-state index contributed by atoms with van der Waals surface area (Å²) in [7, 11) is 0. The van der Waals surface area contributed by atoms with E-state index in [-0.39, 0.29) is 28.1 Å². The van der Waals surface area contributed by atoms with Gasteiger partial charge in [-0.05, 0) is 283 Å². The Morgan fingerprint density at radius 1 is 0.455 bits per heavy atom. The molecule has 0 radical (unpaired) electrons. The van der Waals surface area contributed by atoms with E-state index in [4.69, 9.17) is 14.7 Å². The van der Waals surface area contributed by atoms with Crippen molar-refractivity contribution in [2.24, 2.45) is 5.41 Å². The van der Waals surface area contributed by atoms with Crippen LogP contribution in [0.4, 0.5) is 11.4 Å². The predicted octanol–water partition coefficient (Wildman–Crippen LogP) is 35.7. The number of nitrogens with one attached hydrogen (secondary N) is 4. The van der Waals surface area contributed by atoms with E-state index in [0.29, 0.717) is 34.0 Å². The Kier molecular flexibility index (Phi) is 33.7. The van der Waals surface area contributed by atoms with Crippen LogP contribution in [-0.4, -0.2) is 31.8 Å². The highest BCUT2D eigenvalue weighted by atomic mass is 16.5. The highest BCUT2D eigenvalue weighted by Crippen LogP contribution is 2.54. The summed E-state index contributed by atoms with van der Waals surface area (Å²) in [6.07, 6.45) is 55.8. The number of carbonyl (C=O) groups is 2. The number of H-pyrrole nitrogens is 2. The average Bonchev–Trinajstić information content (AvgIpc) is 1.03. The molecule has 0 fully saturated rings. The number of fused-ring (bicyclic) bond motifs is 10. The van der Waals surface area contributed by atoms with E-state index in [0.717, 1.165) is 178 Å². The van der Waals surface area contributed by atoms with Crippen molar-refractivity contribution in [3.05, 3.63) is 311 Å². The van der Waals surface area contributed by atoms with Gasteiger partial charge in [-0.3, -0.25) is 9.59 Å². The first kappa shape index (κ1) is 99.8. The number of allylic oxidation sites excluding steroid dienone is 23. The number of rotatable bonds is 36. The molecule has 2 amide bonds. The van der Waals surface area contributed by atoms with Crippen molar-refractivity contribution in [3.8, 4) is 33.8 Å². The zero-order valence-electron chi connectivity index (χ0n) is 84.9. The number of anilines is 2. The molecule has 9 heteroatoms. The van der Waals surface area contributed by atoms with Gasteiger partial charge in [-0.2, -0.15) is 0 Å². The molecule has 0 unspecified atom stereocenters. The number of carbonyl (C=O) groups excluding carboxylic acids is 2. The van der Waals surface area contributed by atoms with E-state index < -0.39 is 5.41 Å². The van der Waals surface area contributed by atoms with Crippen molar-refractivity contribution < 1.29 is 14.3 Å². The second kappa shape index (κ2) is 44.6. The summed E-state index contributed by atoms with van der Waals surface area (Å²) in [5.74, 6) is 0.254. The molecule has 8 bridgehead atoms. The Bertz CT molecular complexity index is 6130. The van der Waals surface area contributed by atoms with Crippen LogP contribution in [0, 0.1) is 26.2 Å². The van der Waals surface area contributed by atoms with Gasteiger partial charge >= 0.3 is 0 Å². The lowest BCUT2D eigenvalue weighted by atomic mass is 9.70.